The summed E-state index contributed by atoms with van der Waals surface area (Å²) in [5.74, 6) is -0.427. The first-order valence-electron chi connectivity index (χ1n) is 11.7. The summed E-state index contributed by atoms with van der Waals surface area (Å²) in [4.78, 5) is 24.2. The van der Waals surface area contributed by atoms with Crippen LogP contribution in [0.25, 0.3) is 0 Å². The summed E-state index contributed by atoms with van der Waals surface area (Å²) in [6, 6.07) is 7.07. The number of aromatic hydroxyl groups is 1. The first kappa shape index (κ1) is 26.7. The highest BCUT2D eigenvalue weighted by Crippen LogP contribution is 2.48. The lowest BCUT2D eigenvalue weighted by atomic mass is 9.91. The molecule has 2 heterocycles. The first-order chi connectivity index (χ1) is 17.5. The van der Waals surface area contributed by atoms with Gasteiger partial charge in [0.25, 0.3) is 0 Å². The summed E-state index contributed by atoms with van der Waals surface area (Å²) in [5, 5.41) is 41.9. The van der Waals surface area contributed by atoms with E-state index in [2.05, 4.69) is 0 Å². The molecule has 11 heteroatoms. The van der Waals surface area contributed by atoms with Crippen LogP contribution in [0.5, 0.6) is 23.0 Å². The molecule has 0 aliphatic carbocycles. The molecular weight excluding hydrogens is 488 g/mol. The fraction of sp³-hybridized carbons (Fsp3) is 0.462. The van der Waals surface area contributed by atoms with Gasteiger partial charge < -0.3 is 44.1 Å². The number of hydrogen-bond acceptors (Lipinski definition) is 11. The predicted octanol–water partition coefficient (Wildman–Crippen LogP) is 1.47. The van der Waals surface area contributed by atoms with E-state index < -0.39 is 42.8 Å². The van der Waals surface area contributed by atoms with Crippen molar-refractivity contribution in [2.45, 2.75) is 64.0 Å². The van der Waals surface area contributed by atoms with Crippen molar-refractivity contribution in [3.63, 3.8) is 0 Å². The van der Waals surface area contributed by atoms with Gasteiger partial charge in [-0.2, -0.15) is 0 Å². The van der Waals surface area contributed by atoms with Crippen molar-refractivity contribution < 1.29 is 53.7 Å². The van der Waals surface area contributed by atoms with Gasteiger partial charge in [-0.3, -0.25) is 9.59 Å². The molecule has 200 valence electrons. The average Bonchev–Trinajstić information content (AvgIpc) is 2.88. The SMILES string of the molecule is COc1ccc([C@@H]2CC(=O)c3c(O)c(C)c(O[C@@H]4O[C@H](COC(C)=O)[C@@H](O)[C@H](O)[C@H]4O)c(C)c3O2)cc1. The molecule has 0 bridgehead atoms. The molecule has 6 atom stereocenters. The predicted molar refractivity (Wildman–Crippen MR) is 127 cm³/mol. The highest BCUT2D eigenvalue weighted by Gasteiger charge is 2.46. The fourth-order valence-corrected chi connectivity index (χ4v) is 4.48. The molecule has 4 N–H and O–H groups in total. The van der Waals surface area contributed by atoms with Gasteiger partial charge in [0.15, 0.2) is 5.78 Å². The highest BCUT2D eigenvalue weighted by molar-refractivity contribution is 6.03. The largest absolute Gasteiger partial charge is 0.507 e. The van der Waals surface area contributed by atoms with E-state index in [1.54, 1.807) is 38.3 Å². The van der Waals surface area contributed by atoms with Gasteiger partial charge in [0.2, 0.25) is 6.29 Å². The van der Waals surface area contributed by atoms with Crippen LogP contribution < -0.4 is 14.2 Å². The fourth-order valence-electron chi connectivity index (χ4n) is 4.48. The number of rotatable bonds is 6. The van der Waals surface area contributed by atoms with Gasteiger partial charge in [-0.05, 0) is 31.5 Å². The van der Waals surface area contributed by atoms with Crippen molar-refractivity contribution in [1.82, 2.24) is 0 Å². The maximum Gasteiger partial charge on any atom is 0.302 e. The molecule has 2 aromatic carbocycles. The lowest BCUT2D eigenvalue weighted by Crippen LogP contribution is -2.60. The van der Waals surface area contributed by atoms with Crippen molar-refractivity contribution in [2.24, 2.45) is 0 Å². The molecule has 0 saturated carbocycles. The summed E-state index contributed by atoms with van der Waals surface area (Å²) in [6.45, 7) is 3.95. The first-order valence-corrected chi connectivity index (χ1v) is 11.7. The van der Waals surface area contributed by atoms with Gasteiger partial charge in [-0.25, -0.2) is 0 Å². The van der Waals surface area contributed by atoms with Crippen LogP contribution in [0.3, 0.4) is 0 Å². The lowest BCUT2D eigenvalue weighted by molar-refractivity contribution is -0.278. The number of benzene rings is 2. The van der Waals surface area contributed by atoms with Crippen molar-refractivity contribution in [2.75, 3.05) is 13.7 Å². The van der Waals surface area contributed by atoms with Crippen molar-refractivity contribution in [3.05, 3.63) is 46.5 Å². The second kappa shape index (κ2) is 10.5. The third kappa shape index (κ3) is 5.08. The minimum atomic E-state index is -1.67. The Balaban J connectivity index is 1.65. The number of ketones is 1. The van der Waals surface area contributed by atoms with Crippen LogP contribution in [-0.2, 0) is 14.3 Å². The number of carbonyl (C=O) groups excluding carboxylic acids is 2. The quantitative estimate of drug-likeness (QED) is 0.410. The van der Waals surface area contributed by atoms with Gasteiger partial charge in [-0.15, -0.1) is 0 Å². The Morgan fingerprint density at radius 1 is 1.05 bits per heavy atom. The standard InChI is InChI=1S/C26H30O11/c1-11-20(29)19-16(28)9-17(14-5-7-15(33-4)8-6-14)35-25(19)12(2)24(11)37-26-23(32)22(31)21(30)18(36-26)10-34-13(3)27/h5-8,17-18,21-23,26,29-32H,9-10H2,1-4H3/t17-,18+,21+,22-,23+,26-/m0/s1. The smallest absolute Gasteiger partial charge is 0.302 e. The number of esters is 1. The van der Waals surface area contributed by atoms with Crippen LogP contribution in [0.4, 0.5) is 0 Å². The van der Waals surface area contributed by atoms with Crippen LogP contribution in [0.1, 0.15) is 46.5 Å². The molecule has 2 aromatic rings. The van der Waals surface area contributed by atoms with E-state index >= 15 is 0 Å². The van der Waals surface area contributed by atoms with Gasteiger partial charge in [0, 0.05) is 18.1 Å². The van der Waals surface area contributed by atoms with Crippen LogP contribution in [-0.4, -0.2) is 76.6 Å². The zero-order valence-electron chi connectivity index (χ0n) is 20.8. The zero-order chi connectivity index (χ0) is 27.0. The number of aliphatic hydroxyl groups is 3. The van der Waals surface area contributed by atoms with Gasteiger partial charge in [0.1, 0.15) is 65.7 Å². The molecule has 2 aliphatic heterocycles. The number of fused-ring (bicyclic) bond motifs is 1. The molecule has 0 amide bonds. The molecule has 0 radical (unpaired) electrons. The molecular formula is C26H30O11. The normalized spacial score (nSPS) is 27.2. The zero-order valence-corrected chi connectivity index (χ0v) is 20.8. The third-order valence-corrected chi connectivity index (χ3v) is 6.59. The molecule has 4 rings (SSSR count). The van der Waals surface area contributed by atoms with E-state index in [9.17, 15) is 30.0 Å². The monoisotopic (exact) mass is 518 g/mol. The van der Waals surface area contributed by atoms with Crippen LogP contribution >= 0.6 is 0 Å². The summed E-state index contributed by atoms with van der Waals surface area (Å²) >= 11 is 0. The molecule has 11 nitrogen and oxygen atoms in total. The maximum absolute atomic E-state index is 13.0. The van der Waals surface area contributed by atoms with E-state index in [4.69, 9.17) is 23.7 Å². The highest BCUT2D eigenvalue weighted by atomic mass is 16.7. The van der Waals surface area contributed by atoms with Crippen LogP contribution in [0.2, 0.25) is 0 Å². The van der Waals surface area contributed by atoms with Crippen molar-refractivity contribution in [1.29, 1.82) is 0 Å². The Morgan fingerprint density at radius 2 is 1.73 bits per heavy atom. The van der Waals surface area contributed by atoms with Gasteiger partial charge in [0.05, 0.1) is 13.5 Å². The van der Waals surface area contributed by atoms with Crippen LogP contribution in [0.15, 0.2) is 24.3 Å². The lowest BCUT2D eigenvalue weighted by Gasteiger charge is -2.40. The van der Waals surface area contributed by atoms with E-state index in [0.29, 0.717) is 11.3 Å². The minimum Gasteiger partial charge on any atom is -0.507 e. The number of carbonyl (C=O) groups is 2. The molecule has 1 saturated heterocycles. The van der Waals surface area contributed by atoms with E-state index in [-0.39, 0.29) is 47.2 Å². The molecule has 1 fully saturated rings. The average molecular weight is 519 g/mol. The maximum atomic E-state index is 13.0. The molecule has 0 spiro atoms. The summed E-state index contributed by atoms with van der Waals surface area (Å²) in [5.41, 5.74) is 1.33. The summed E-state index contributed by atoms with van der Waals surface area (Å²) in [6.07, 6.45) is -8.17. The molecule has 0 unspecified atom stereocenters. The molecule has 37 heavy (non-hydrogen) atoms. The number of phenolic OH excluding ortho intramolecular Hbond substituents is 1. The molecule has 0 aromatic heterocycles. The Labute approximate surface area is 213 Å². The van der Waals surface area contributed by atoms with E-state index in [0.717, 1.165) is 5.56 Å². The summed E-state index contributed by atoms with van der Waals surface area (Å²) in [7, 11) is 1.55. The third-order valence-electron chi connectivity index (χ3n) is 6.59. The Hall–Kier alpha value is -3.38. The van der Waals surface area contributed by atoms with E-state index in [1.807, 2.05) is 0 Å². The van der Waals surface area contributed by atoms with E-state index in [1.165, 1.54) is 13.8 Å². The second-order valence-electron chi connectivity index (χ2n) is 9.07. The van der Waals surface area contributed by atoms with Crippen LogP contribution in [0, 0.1) is 13.8 Å². The second-order valence-corrected chi connectivity index (χ2v) is 9.07. The van der Waals surface area contributed by atoms with Gasteiger partial charge >= 0.3 is 5.97 Å². The number of phenols is 1. The number of hydrogen-bond donors (Lipinski definition) is 4. The number of methoxy groups -OCH3 is 1. The Morgan fingerprint density at radius 3 is 2.35 bits per heavy atom. The topological polar surface area (TPSA) is 161 Å². The van der Waals surface area contributed by atoms with Gasteiger partial charge in [-0.1, -0.05) is 12.1 Å². The van der Waals surface area contributed by atoms with Crippen molar-refractivity contribution in [3.8, 4) is 23.0 Å². The Kier molecular flexibility index (Phi) is 7.60. The number of ether oxygens (including phenoxy) is 5. The summed E-state index contributed by atoms with van der Waals surface area (Å²) < 4.78 is 27.7. The number of Topliss-reactive ketones (excluding diaryl/α,β-unsaturated/α-hetero) is 1. The Bertz CT molecular complexity index is 1180. The minimum absolute atomic E-state index is 0.0122. The van der Waals surface area contributed by atoms with Crippen molar-refractivity contribution >= 4 is 11.8 Å². The molecule has 2 aliphatic rings. The number of aliphatic hydroxyl groups excluding tert-OH is 3.